The summed E-state index contributed by atoms with van der Waals surface area (Å²) < 4.78 is 13.9. The fraction of sp³-hybridized carbons (Fsp3) is 0.462. The second kappa shape index (κ2) is 4.80. The van der Waals surface area contributed by atoms with E-state index in [0.29, 0.717) is 0 Å². The molecule has 1 aromatic carbocycles. The van der Waals surface area contributed by atoms with Gasteiger partial charge in [-0.3, -0.25) is 5.41 Å². The third-order valence-corrected chi connectivity index (χ3v) is 4.32. The first-order valence-corrected chi connectivity index (χ1v) is 6.91. The SMILES string of the molecule is CC1(C)CN(c2cccc(F)c2C(=N)N)CCS1. The van der Waals surface area contributed by atoms with Gasteiger partial charge in [-0.1, -0.05) is 6.07 Å². The number of nitrogens with zero attached hydrogens (tertiary/aromatic N) is 1. The Morgan fingerprint density at radius 3 is 2.83 bits per heavy atom. The highest BCUT2D eigenvalue weighted by molar-refractivity contribution is 8.00. The molecule has 1 saturated heterocycles. The van der Waals surface area contributed by atoms with Crippen molar-refractivity contribution in [2.45, 2.75) is 18.6 Å². The van der Waals surface area contributed by atoms with Crippen LogP contribution >= 0.6 is 11.8 Å². The molecule has 0 atom stereocenters. The smallest absolute Gasteiger partial charge is 0.136 e. The number of amidine groups is 1. The number of thioether (sulfide) groups is 1. The number of rotatable bonds is 2. The van der Waals surface area contributed by atoms with Crippen molar-refractivity contribution in [1.82, 2.24) is 0 Å². The molecule has 1 aliphatic heterocycles. The molecule has 5 heteroatoms. The minimum atomic E-state index is -0.420. The predicted molar refractivity (Wildman–Crippen MR) is 76.2 cm³/mol. The van der Waals surface area contributed by atoms with Gasteiger partial charge in [0.25, 0.3) is 0 Å². The average molecular weight is 267 g/mol. The lowest BCUT2D eigenvalue weighted by Gasteiger charge is -2.39. The number of halogens is 1. The van der Waals surface area contributed by atoms with E-state index in [1.54, 1.807) is 6.07 Å². The lowest BCUT2D eigenvalue weighted by atomic mass is 10.1. The second-order valence-corrected chi connectivity index (χ2v) is 6.88. The number of nitrogens with two attached hydrogens (primary N) is 1. The molecule has 2 rings (SSSR count). The van der Waals surface area contributed by atoms with Gasteiger partial charge >= 0.3 is 0 Å². The maximum atomic E-state index is 13.8. The maximum Gasteiger partial charge on any atom is 0.136 e. The average Bonchev–Trinajstić information content (AvgIpc) is 2.26. The molecule has 0 amide bonds. The minimum Gasteiger partial charge on any atom is -0.384 e. The minimum absolute atomic E-state index is 0.138. The van der Waals surface area contributed by atoms with E-state index in [0.717, 1.165) is 24.5 Å². The van der Waals surface area contributed by atoms with Crippen LogP contribution in [-0.4, -0.2) is 29.4 Å². The van der Waals surface area contributed by atoms with Gasteiger partial charge in [0, 0.05) is 23.6 Å². The summed E-state index contributed by atoms with van der Waals surface area (Å²) in [7, 11) is 0. The highest BCUT2D eigenvalue weighted by Gasteiger charge is 2.29. The van der Waals surface area contributed by atoms with Gasteiger partial charge in [-0.2, -0.15) is 11.8 Å². The molecule has 0 saturated carbocycles. The zero-order valence-corrected chi connectivity index (χ0v) is 11.5. The standard InChI is InChI=1S/C13H18FN3S/c1-13(2)8-17(6-7-18-13)10-5-3-4-9(14)11(10)12(15)16/h3-5H,6-8H2,1-2H3,(H3,15,16). The summed E-state index contributed by atoms with van der Waals surface area (Å²) in [4.78, 5) is 2.12. The van der Waals surface area contributed by atoms with Gasteiger partial charge < -0.3 is 10.6 Å². The first kappa shape index (κ1) is 13.2. The topological polar surface area (TPSA) is 53.1 Å². The van der Waals surface area contributed by atoms with Crippen LogP contribution in [-0.2, 0) is 0 Å². The van der Waals surface area contributed by atoms with E-state index >= 15 is 0 Å². The molecule has 0 bridgehead atoms. The van der Waals surface area contributed by atoms with Crippen LogP contribution in [0, 0.1) is 11.2 Å². The van der Waals surface area contributed by atoms with Crippen molar-refractivity contribution in [3.8, 4) is 0 Å². The summed E-state index contributed by atoms with van der Waals surface area (Å²) in [6.07, 6.45) is 0. The van der Waals surface area contributed by atoms with Crippen molar-refractivity contribution in [1.29, 1.82) is 5.41 Å². The monoisotopic (exact) mass is 267 g/mol. The summed E-state index contributed by atoms with van der Waals surface area (Å²) in [5.41, 5.74) is 6.46. The van der Waals surface area contributed by atoms with Gasteiger partial charge in [-0.15, -0.1) is 0 Å². The molecule has 0 aromatic heterocycles. The second-order valence-electron chi connectivity index (χ2n) is 5.08. The molecular weight excluding hydrogens is 249 g/mol. The van der Waals surface area contributed by atoms with Crippen LogP contribution < -0.4 is 10.6 Å². The lowest BCUT2D eigenvalue weighted by molar-refractivity contribution is 0.616. The fourth-order valence-electron chi connectivity index (χ4n) is 2.26. The zero-order valence-electron chi connectivity index (χ0n) is 10.7. The van der Waals surface area contributed by atoms with Crippen LogP contribution in [0.1, 0.15) is 19.4 Å². The molecule has 1 aromatic rings. The number of hydrogen-bond acceptors (Lipinski definition) is 3. The third kappa shape index (κ3) is 2.61. The molecule has 98 valence electrons. The molecule has 18 heavy (non-hydrogen) atoms. The van der Waals surface area contributed by atoms with Gasteiger partial charge in [-0.25, -0.2) is 4.39 Å². The Morgan fingerprint density at radius 1 is 1.50 bits per heavy atom. The van der Waals surface area contributed by atoms with Crippen LogP contribution in [0.5, 0.6) is 0 Å². The highest BCUT2D eigenvalue weighted by atomic mass is 32.2. The number of nitrogen functional groups attached to an aromatic ring is 1. The quantitative estimate of drug-likeness (QED) is 0.639. The number of hydrogen-bond donors (Lipinski definition) is 2. The van der Waals surface area contributed by atoms with E-state index in [2.05, 4.69) is 18.7 Å². The summed E-state index contributed by atoms with van der Waals surface area (Å²) >= 11 is 1.92. The van der Waals surface area contributed by atoms with Crippen LogP contribution in [0.3, 0.4) is 0 Å². The number of nitrogens with one attached hydrogen (secondary N) is 1. The van der Waals surface area contributed by atoms with E-state index in [1.165, 1.54) is 6.07 Å². The van der Waals surface area contributed by atoms with Gasteiger partial charge in [0.2, 0.25) is 0 Å². The van der Waals surface area contributed by atoms with Gasteiger partial charge in [0.1, 0.15) is 11.7 Å². The van der Waals surface area contributed by atoms with E-state index in [9.17, 15) is 4.39 Å². The third-order valence-electron chi connectivity index (χ3n) is 3.03. The largest absolute Gasteiger partial charge is 0.384 e. The Morgan fingerprint density at radius 2 is 2.22 bits per heavy atom. The zero-order chi connectivity index (χ0) is 13.3. The van der Waals surface area contributed by atoms with Crippen LogP contribution in [0.2, 0.25) is 0 Å². The van der Waals surface area contributed by atoms with Crippen LogP contribution in [0.4, 0.5) is 10.1 Å². The first-order valence-electron chi connectivity index (χ1n) is 5.92. The molecule has 1 heterocycles. The van der Waals surface area contributed by atoms with Crippen LogP contribution in [0.25, 0.3) is 0 Å². The molecular formula is C13H18FN3S. The Balaban J connectivity index is 2.39. The van der Waals surface area contributed by atoms with E-state index in [-0.39, 0.29) is 16.1 Å². The normalized spacial score (nSPS) is 18.7. The fourth-order valence-corrected chi connectivity index (χ4v) is 3.38. The molecule has 3 nitrogen and oxygen atoms in total. The molecule has 0 radical (unpaired) electrons. The predicted octanol–water partition coefficient (Wildman–Crippen LogP) is 2.44. The van der Waals surface area contributed by atoms with Crippen molar-refractivity contribution < 1.29 is 4.39 Å². The van der Waals surface area contributed by atoms with Crippen molar-refractivity contribution in [2.24, 2.45) is 5.73 Å². The van der Waals surface area contributed by atoms with Gasteiger partial charge in [-0.05, 0) is 26.0 Å². The van der Waals surface area contributed by atoms with Crippen molar-refractivity contribution in [3.63, 3.8) is 0 Å². The molecule has 1 aliphatic rings. The number of benzene rings is 1. The Hall–Kier alpha value is -1.23. The summed E-state index contributed by atoms with van der Waals surface area (Å²) in [6, 6.07) is 4.86. The van der Waals surface area contributed by atoms with Crippen molar-refractivity contribution >= 4 is 23.3 Å². The van der Waals surface area contributed by atoms with E-state index in [1.807, 2.05) is 17.8 Å². The van der Waals surface area contributed by atoms with E-state index in [4.69, 9.17) is 11.1 Å². The molecule has 0 spiro atoms. The lowest BCUT2D eigenvalue weighted by Crippen LogP contribution is -2.44. The van der Waals surface area contributed by atoms with Crippen molar-refractivity contribution in [2.75, 3.05) is 23.7 Å². The Bertz CT molecular complexity index is 473. The summed E-state index contributed by atoms with van der Waals surface area (Å²) in [5, 5.41) is 7.54. The van der Waals surface area contributed by atoms with E-state index < -0.39 is 5.82 Å². The van der Waals surface area contributed by atoms with Gasteiger partial charge in [0.05, 0.1) is 11.3 Å². The number of anilines is 1. The molecule has 0 aliphatic carbocycles. The maximum absolute atomic E-state index is 13.8. The van der Waals surface area contributed by atoms with Gasteiger partial charge in [0.15, 0.2) is 0 Å². The first-order chi connectivity index (χ1) is 8.41. The molecule has 1 fully saturated rings. The summed E-state index contributed by atoms with van der Waals surface area (Å²) in [5.74, 6) is 0.371. The van der Waals surface area contributed by atoms with Crippen molar-refractivity contribution in [3.05, 3.63) is 29.6 Å². The summed E-state index contributed by atoms with van der Waals surface area (Å²) in [6.45, 7) is 6.05. The Labute approximate surface area is 111 Å². The van der Waals surface area contributed by atoms with Crippen LogP contribution in [0.15, 0.2) is 18.2 Å². The highest BCUT2D eigenvalue weighted by Crippen LogP contribution is 2.33. The molecule has 0 unspecified atom stereocenters. The molecule has 3 N–H and O–H groups in total. The Kier molecular flexibility index (Phi) is 3.52.